The van der Waals surface area contributed by atoms with Crippen LogP contribution < -0.4 is 14.2 Å². The van der Waals surface area contributed by atoms with E-state index in [2.05, 4.69) is 13.2 Å². The number of carbonyl (C=O) groups excluding carboxylic acids is 3. The van der Waals surface area contributed by atoms with Crippen molar-refractivity contribution in [1.29, 1.82) is 0 Å². The third kappa shape index (κ3) is 10.2. The second-order valence-corrected chi connectivity index (χ2v) is 11.6. The predicted octanol–water partition coefficient (Wildman–Crippen LogP) is 8.35. The topological polar surface area (TPSA) is 97.4 Å². The van der Waals surface area contributed by atoms with Gasteiger partial charge in [-0.3, -0.25) is 4.79 Å². The van der Waals surface area contributed by atoms with Gasteiger partial charge in [0.25, 0.3) is 0 Å². The molecule has 0 saturated carbocycles. The maximum atomic E-state index is 13.3. The van der Waals surface area contributed by atoms with Crippen LogP contribution in [-0.2, 0) is 19.1 Å². The fraction of sp³-hybridized carbons (Fsp3) is 0.244. The Balaban J connectivity index is 1.32. The van der Waals surface area contributed by atoms with Crippen LogP contribution in [0, 0.1) is 6.92 Å². The first-order chi connectivity index (χ1) is 23.6. The standard InChI is InChI=1S/C41H42O8/c1-27(2)40(43)48-23-7-21-46-36-19-17-34(25-29(36)5)30-9-13-32(14-10-30)39(42)33-15-11-31(12-16-33)35-18-20-37(38(26-35)45-6)47-22-8-24-49-41(44)28(3)4/h9-20,25-26H,1,3,7-8,21-24H2,2,4-6H3. The van der Waals surface area contributed by atoms with Crippen LogP contribution in [-0.4, -0.2) is 51.3 Å². The molecule has 0 fully saturated rings. The number of ketones is 1. The van der Waals surface area contributed by atoms with Crippen molar-refractivity contribution in [2.45, 2.75) is 33.6 Å². The fourth-order valence-corrected chi connectivity index (χ4v) is 4.81. The molecule has 0 aliphatic carbocycles. The number of benzene rings is 4. The highest BCUT2D eigenvalue weighted by atomic mass is 16.5. The molecule has 49 heavy (non-hydrogen) atoms. The quantitative estimate of drug-likeness (QED) is 0.0482. The molecule has 4 rings (SSSR count). The molecule has 4 aromatic rings. The molecule has 0 radical (unpaired) electrons. The van der Waals surface area contributed by atoms with E-state index in [0.29, 0.717) is 59.8 Å². The number of methoxy groups -OCH3 is 1. The molecule has 0 aliphatic rings. The van der Waals surface area contributed by atoms with E-state index < -0.39 is 11.9 Å². The molecule has 0 saturated heterocycles. The van der Waals surface area contributed by atoms with Crippen LogP contribution in [0.1, 0.15) is 48.2 Å². The predicted molar refractivity (Wildman–Crippen MR) is 190 cm³/mol. The Labute approximate surface area is 287 Å². The van der Waals surface area contributed by atoms with E-state index in [0.717, 1.165) is 33.6 Å². The van der Waals surface area contributed by atoms with Gasteiger partial charge in [0.1, 0.15) is 5.75 Å². The molecule has 0 N–H and O–H groups in total. The lowest BCUT2D eigenvalue weighted by molar-refractivity contribution is -0.140. The summed E-state index contributed by atoms with van der Waals surface area (Å²) in [6.07, 6.45) is 1.11. The normalized spacial score (nSPS) is 10.5. The minimum atomic E-state index is -0.414. The Hall–Kier alpha value is -5.63. The molecular weight excluding hydrogens is 620 g/mol. The lowest BCUT2D eigenvalue weighted by Gasteiger charge is -2.13. The van der Waals surface area contributed by atoms with Crippen LogP contribution in [0.15, 0.2) is 109 Å². The van der Waals surface area contributed by atoms with Crippen molar-refractivity contribution in [2.24, 2.45) is 0 Å². The summed E-state index contributed by atoms with van der Waals surface area (Å²) >= 11 is 0. The first kappa shape index (κ1) is 36.2. The molecular formula is C41H42O8. The molecule has 0 atom stereocenters. The van der Waals surface area contributed by atoms with Gasteiger partial charge in [0.2, 0.25) is 0 Å². The van der Waals surface area contributed by atoms with E-state index in [1.807, 2.05) is 91.9 Å². The highest BCUT2D eigenvalue weighted by Gasteiger charge is 2.13. The van der Waals surface area contributed by atoms with E-state index in [4.69, 9.17) is 23.7 Å². The average Bonchev–Trinajstić information content (AvgIpc) is 3.11. The molecule has 254 valence electrons. The summed E-state index contributed by atoms with van der Waals surface area (Å²) in [6, 6.07) is 26.6. The van der Waals surface area contributed by atoms with Crippen molar-refractivity contribution in [1.82, 2.24) is 0 Å². The van der Waals surface area contributed by atoms with Crippen molar-refractivity contribution < 1.29 is 38.1 Å². The molecule has 4 aromatic carbocycles. The van der Waals surface area contributed by atoms with Gasteiger partial charge in [-0.05, 0) is 72.9 Å². The summed E-state index contributed by atoms with van der Waals surface area (Å²) < 4.78 is 27.5. The van der Waals surface area contributed by atoms with Gasteiger partial charge in [-0.1, -0.05) is 73.8 Å². The van der Waals surface area contributed by atoms with Crippen LogP contribution in [0.25, 0.3) is 22.3 Å². The molecule has 0 aliphatic heterocycles. The first-order valence-corrected chi connectivity index (χ1v) is 16.0. The van der Waals surface area contributed by atoms with Crippen molar-refractivity contribution in [3.8, 4) is 39.5 Å². The van der Waals surface area contributed by atoms with Crippen LogP contribution in [0.5, 0.6) is 17.2 Å². The van der Waals surface area contributed by atoms with Crippen molar-refractivity contribution in [3.63, 3.8) is 0 Å². The van der Waals surface area contributed by atoms with Gasteiger partial charge in [-0.15, -0.1) is 0 Å². The second-order valence-electron chi connectivity index (χ2n) is 11.6. The smallest absolute Gasteiger partial charge is 0.333 e. The molecule has 0 heterocycles. The lowest BCUT2D eigenvalue weighted by Crippen LogP contribution is -2.09. The van der Waals surface area contributed by atoms with E-state index in [1.54, 1.807) is 21.0 Å². The van der Waals surface area contributed by atoms with Crippen molar-refractivity contribution in [3.05, 3.63) is 126 Å². The van der Waals surface area contributed by atoms with E-state index in [-0.39, 0.29) is 19.0 Å². The summed E-state index contributed by atoms with van der Waals surface area (Å²) in [7, 11) is 1.58. The van der Waals surface area contributed by atoms with E-state index in [1.165, 1.54) is 0 Å². The number of ether oxygens (including phenoxy) is 5. The fourth-order valence-electron chi connectivity index (χ4n) is 4.81. The minimum absolute atomic E-state index is 0.0674. The zero-order valence-corrected chi connectivity index (χ0v) is 28.5. The first-order valence-electron chi connectivity index (χ1n) is 16.0. The van der Waals surface area contributed by atoms with E-state index >= 15 is 0 Å². The van der Waals surface area contributed by atoms with Gasteiger partial charge in [-0.25, -0.2) is 9.59 Å². The molecule has 8 heteroatoms. The Morgan fingerprint density at radius 2 is 0.980 bits per heavy atom. The molecule has 0 bridgehead atoms. The van der Waals surface area contributed by atoms with Gasteiger partial charge in [0.15, 0.2) is 17.3 Å². The van der Waals surface area contributed by atoms with Gasteiger partial charge in [0, 0.05) is 35.1 Å². The Bertz CT molecular complexity index is 1800. The SMILES string of the molecule is C=C(C)C(=O)OCCCOc1ccc(-c2ccc(C(=O)c3ccc(-c4ccc(OCCCOC(=O)C(=C)C)c(OC)c4)cc3)cc2)cc1C. The zero-order chi connectivity index (χ0) is 35.3. The van der Waals surface area contributed by atoms with Gasteiger partial charge >= 0.3 is 11.9 Å². The van der Waals surface area contributed by atoms with Crippen LogP contribution in [0.4, 0.5) is 0 Å². The molecule has 8 nitrogen and oxygen atoms in total. The number of carbonyl (C=O) groups is 3. The number of esters is 2. The molecule has 0 aromatic heterocycles. The number of hydrogen-bond acceptors (Lipinski definition) is 8. The van der Waals surface area contributed by atoms with Gasteiger partial charge in [-0.2, -0.15) is 0 Å². The Morgan fingerprint density at radius 1 is 0.551 bits per heavy atom. The van der Waals surface area contributed by atoms with Crippen LogP contribution in [0.3, 0.4) is 0 Å². The summed E-state index contributed by atoms with van der Waals surface area (Å²) in [5.74, 6) is 1.05. The van der Waals surface area contributed by atoms with Crippen molar-refractivity contribution in [2.75, 3.05) is 33.5 Å². The average molecular weight is 663 g/mol. The van der Waals surface area contributed by atoms with Crippen LogP contribution in [0.2, 0.25) is 0 Å². The monoisotopic (exact) mass is 662 g/mol. The highest BCUT2D eigenvalue weighted by molar-refractivity contribution is 6.09. The second kappa shape index (κ2) is 17.5. The molecule has 0 spiro atoms. The van der Waals surface area contributed by atoms with E-state index in [9.17, 15) is 14.4 Å². The zero-order valence-electron chi connectivity index (χ0n) is 28.5. The largest absolute Gasteiger partial charge is 0.493 e. The maximum Gasteiger partial charge on any atom is 0.333 e. The molecule has 0 unspecified atom stereocenters. The minimum Gasteiger partial charge on any atom is -0.493 e. The summed E-state index contributed by atoms with van der Waals surface area (Å²) in [5, 5.41) is 0. The van der Waals surface area contributed by atoms with Crippen molar-refractivity contribution >= 4 is 17.7 Å². The number of rotatable bonds is 17. The Morgan fingerprint density at radius 3 is 1.43 bits per heavy atom. The van der Waals surface area contributed by atoms with Crippen LogP contribution >= 0.6 is 0 Å². The third-order valence-corrected chi connectivity index (χ3v) is 7.56. The molecule has 0 amide bonds. The number of aryl methyl sites for hydroxylation is 1. The highest BCUT2D eigenvalue weighted by Crippen LogP contribution is 2.33. The maximum absolute atomic E-state index is 13.3. The number of hydrogen-bond donors (Lipinski definition) is 0. The van der Waals surface area contributed by atoms with Gasteiger partial charge < -0.3 is 23.7 Å². The third-order valence-electron chi connectivity index (χ3n) is 7.56. The van der Waals surface area contributed by atoms with Gasteiger partial charge in [0.05, 0.1) is 33.5 Å². The summed E-state index contributed by atoms with van der Waals surface area (Å²) in [6.45, 7) is 13.6. The summed E-state index contributed by atoms with van der Waals surface area (Å²) in [4.78, 5) is 36.3. The Kier molecular flexibility index (Phi) is 12.9. The summed E-state index contributed by atoms with van der Waals surface area (Å²) in [5.41, 5.74) is 6.75. The lowest BCUT2D eigenvalue weighted by atomic mass is 9.97.